The second-order valence-corrected chi connectivity index (χ2v) is 3.81. The van der Waals surface area contributed by atoms with Gasteiger partial charge in [0.25, 0.3) is 0 Å². The van der Waals surface area contributed by atoms with E-state index >= 15 is 0 Å². The van der Waals surface area contributed by atoms with Crippen LogP contribution in [-0.2, 0) is 14.3 Å². The van der Waals surface area contributed by atoms with Gasteiger partial charge in [0, 0.05) is 13.0 Å². The lowest BCUT2D eigenvalue weighted by Crippen LogP contribution is -2.13. The van der Waals surface area contributed by atoms with E-state index in [1.807, 2.05) is 6.92 Å². The molecular formula is C12H25NO3. The highest BCUT2D eigenvalue weighted by Crippen LogP contribution is 2.14. The number of carbonyl (C=O) groups excluding carboxylic acids is 1. The molecule has 0 radical (unpaired) electrons. The zero-order chi connectivity index (χ0) is 12.2. The van der Waals surface area contributed by atoms with E-state index in [2.05, 4.69) is 6.92 Å². The Morgan fingerprint density at radius 2 is 2.00 bits per heavy atom. The molecule has 1 unspecified atom stereocenters. The normalized spacial score (nSPS) is 12.4. The summed E-state index contributed by atoms with van der Waals surface area (Å²) >= 11 is 0. The second-order valence-electron chi connectivity index (χ2n) is 3.81. The summed E-state index contributed by atoms with van der Waals surface area (Å²) in [5.74, 6) is 0.416. The molecule has 0 aliphatic heterocycles. The number of hydrogen-bond donors (Lipinski definition) is 1. The SMILES string of the molecule is CCOCCOC(=O)CCC(CC)CCN. The van der Waals surface area contributed by atoms with E-state index in [0.29, 0.717) is 38.7 Å². The lowest BCUT2D eigenvalue weighted by atomic mass is 9.97. The highest BCUT2D eigenvalue weighted by molar-refractivity contribution is 5.69. The molecule has 0 heterocycles. The standard InChI is InChI=1S/C12H25NO3/c1-3-11(7-8-13)5-6-12(14)16-10-9-15-4-2/h11H,3-10,13H2,1-2H3. The van der Waals surface area contributed by atoms with Gasteiger partial charge in [0.05, 0.1) is 6.61 Å². The molecule has 0 amide bonds. The lowest BCUT2D eigenvalue weighted by molar-refractivity contribution is -0.145. The molecule has 2 N–H and O–H groups in total. The molecule has 0 aromatic heterocycles. The van der Waals surface area contributed by atoms with Gasteiger partial charge in [-0.05, 0) is 32.2 Å². The smallest absolute Gasteiger partial charge is 0.305 e. The zero-order valence-electron chi connectivity index (χ0n) is 10.5. The Morgan fingerprint density at radius 3 is 2.56 bits per heavy atom. The summed E-state index contributed by atoms with van der Waals surface area (Å²) in [5, 5.41) is 0. The highest BCUT2D eigenvalue weighted by atomic mass is 16.6. The van der Waals surface area contributed by atoms with Crippen molar-refractivity contribution in [1.29, 1.82) is 0 Å². The van der Waals surface area contributed by atoms with Gasteiger partial charge in [-0.15, -0.1) is 0 Å². The molecule has 4 nitrogen and oxygen atoms in total. The van der Waals surface area contributed by atoms with E-state index in [-0.39, 0.29) is 5.97 Å². The molecule has 96 valence electrons. The monoisotopic (exact) mass is 231 g/mol. The number of esters is 1. The average Bonchev–Trinajstić information content (AvgIpc) is 2.30. The summed E-state index contributed by atoms with van der Waals surface area (Å²) in [5.41, 5.74) is 5.49. The summed E-state index contributed by atoms with van der Waals surface area (Å²) in [7, 11) is 0. The van der Waals surface area contributed by atoms with Crippen LogP contribution in [0.25, 0.3) is 0 Å². The molecular weight excluding hydrogens is 206 g/mol. The second kappa shape index (κ2) is 10.9. The minimum atomic E-state index is -0.129. The van der Waals surface area contributed by atoms with Crippen LogP contribution in [0, 0.1) is 5.92 Å². The maximum absolute atomic E-state index is 11.3. The molecule has 16 heavy (non-hydrogen) atoms. The maximum atomic E-state index is 11.3. The van der Waals surface area contributed by atoms with Crippen molar-refractivity contribution in [3.63, 3.8) is 0 Å². The highest BCUT2D eigenvalue weighted by Gasteiger charge is 2.09. The van der Waals surface area contributed by atoms with Crippen molar-refractivity contribution in [2.45, 2.75) is 39.5 Å². The number of carbonyl (C=O) groups is 1. The van der Waals surface area contributed by atoms with Gasteiger partial charge in [-0.2, -0.15) is 0 Å². The Hall–Kier alpha value is -0.610. The molecule has 0 rings (SSSR count). The van der Waals surface area contributed by atoms with Crippen LogP contribution < -0.4 is 5.73 Å². The molecule has 0 aromatic carbocycles. The maximum Gasteiger partial charge on any atom is 0.305 e. The predicted molar refractivity (Wildman–Crippen MR) is 64.1 cm³/mol. The van der Waals surface area contributed by atoms with Crippen LogP contribution in [0.1, 0.15) is 39.5 Å². The van der Waals surface area contributed by atoms with Gasteiger partial charge in [-0.25, -0.2) is 0 Å². The first-order chi connectivity index (χ1) is 7.74. The van der Waals surface area contributed by atoms with Crippen LogP contribution in [0.5, 0.6) is 0 Å². The molecule has 0 saturated heterocycles. The summed E-state index contributed by atoms with van der Waals surface area (Å²) in [6, 6.07) is 0. The van der Waals surface area contributed by atoms with Crippen LogP contribution in [-0.4, -0.2) is 32.3 Å². The van der Waals surface area contributed by atoms with E-state index in [1.54, 1.807) is 0 Å². The molecule has 0 fully saturated rings. The molecule has 0 bridgehead atoms. The number of rotatable bonds is 10. The third-order valence-electron chi connectivity index (χ3n) is 2.60. The van der Waals surface area contributed by atoms with Gasteiger partial charge in [0.1, 0.15) is 6.61 Å². The van der Waals surface area contributed by atoms with Gasteiger partial charge in [-0.3, -0.25) is 4.79 Å². The minimum Gasteiger partial charge on any atom is -0.463 e. The molecule has 0 aliphatic carbocycles. The first kappa shape index (κ1) is 15.4. The number of nitrogens with two attached hydrogens (primary N) is 1. The first-order valence-electron chi connectivity index (χ1n) is 6.18. The minimum absolute atomic E-state index is 0.129. The third kappa shape index (κ3) is 8.68. The quantitative estimate of drug-likeness (QED) is 0.459. The van der Waals surface area contributed by atoms with Crippen molar-refractivity contribution < 1.29 is 14.3 Å². The van der Waals surface area contributed by atoms with E-state index in [1.165, 1.54) is 0 Å². The van der Waals surface area contributed by atoms with E-state index < -0.39 is 0 Å². The Morgan fingerprint density at radius 1 is 1.25 bits per heavy atom. The summed E-state index contributed by atoms with van der Waals surface area (Å²) in [6.45, 7) is 6.24. The summed E-state index contributed by atoms with van der Waals surface area (Å²) in [4.78, 5) is 11.3. The molecule has 4 heteroatoms. The summed E-state index contributed by atoms with van der Waals surface area (Å²) < 4.78 is 10.1. The van der Waals surface area contributed by atoms with Crippen molar-refractivity contribution in [2.75, 3.05) is 26.4 Å². The van der Waals surface area contributed by atoms with Crippen molar-refractivity contribution in [1.82, 2.24) is 0 Å². The van der Waals surface area contributed by atoms with Gasteiger partial charge in [0.15, 0.2) is 0 Å². The fourth-order valence-electron chi connectivity index (χ4n) is 1.54. The van der Waals surface area contributed by atoms with Gasteiger partial charge >= 0.3 is 5.97 Å². The number of ether oxygens (including phenoxy) is 2. The van der Waals surface area contributed by atoms with Gasteiger partial charge < -0.3 is 15.2 Å². The average molecular weight is 231 g/mol. The van der Waals surface area contributed by atoms with E-state index in [0.717, 1.165) is 19.3 Å². The zero-order valence-corrected chi connectivity index (χ0v) is 10.5. The van der Waals surface area contributed by atoms with Crippen LogP contribution in [0.15, 0.2) is 0 Å². The largest absolute Gasteiger partial charge is 0.463 e. The van der Waals surface area contributed by atoms with Crippen LogP contribution >= 0.6 is 0 Å². The molecule has 0 aromatic rings. The van der Waals surface area contributed by atoms with Crippen molar-refractivity contribution in [3.8, 4) is 0 Å². The molecule has 0 saturated carbocycles. The Labute approximate surface area is 98.5 Å². The van der Waals surface area contributed by atoms with Crippen molar-refractivity contribution in [2.24, 2.45) is 11.7 Å². The van der Waals surface area contributed by atoms with Crippen molar-refractivity contribution >= 4 is 5.97 Å². The van der Waals surface area contributed by atoms with E-state index in [9.17, 15) is 4.79 Å². The molecule has 0 spiro atoms. The first-order valence-corrected chi connectivity index (χ1v) is 6.18. The Kier molecular flexibility index (Phi) is 10.5. The van der Waals surface area contributed by atoms with Gasteiger partial charge in [0.2, 0.25) is 0 Å². The number of hydrogen-bond acceptors (Lipinski definition) is 4. The topological polar surface area (TPSA) is 61.5 Å². The fourth-order valence-corrected chi connectivity index (χ4v) is 1.54. The predicted octanol–water partition coefficient (Wildman–Crippen LogP) is 1.72. The van der Waals surface area contributed by atoms with E-state index in [4.69, 9.17) is 15.2 Å². The fraction of sp³-hybridized carbons (Fsp3) is 0.917. The Balaban J connectivity index is 3.47. The summed E-state index contributed by atoms with van der Waals surface area (Å²) in [6.07, 6.45) is 3.43. The molecule has 1 atom stereocenters. The van der Waals surface area contributed by atoms with Crippen LogP contribution in [0.2, 0.25) is 0 Å². The Bertz CT molecular complexity index is 174. The molecule has 0 aliphatic rings. The van der Waals surface area contributed by atoms with Crippen LogP contribution in [0.3, 0.4) is 0 Å². The van der Waals surface area contributed by atoms with Gasteiger partial charge in [-0.1, -0.05) is 13.3 Å². The van der Waals surface area contributed by atoms with Crippen LogP contribution in [0.4, 0.5) is 0 Å². The van der Waals surface area contributed by atoms with Crippen molar-refractivity contribution in [3.05, 3.63) is 0 Å². The third-order valence-corrected chi connectivity index (χ3v) is 2.60. The lowest BCUT2D eigenvalue weighted by Gasteiger charge is -2.12.